The zero-order valence-electron chi connectivity index (χ0n) is 6.63. The molecule has 1 N–H and O–H groups in total. The van der Waals surface area contributed by atoms with Gasteiger partial charge in [-0.2, -0.15) is 5.10 Å². The van der Waals surface area contributed by atoms with Crippen LogP contribution in [0, 0.1) is 0 Å². The zero-order valence-corrected chi connectivity index (χ0v) is 7.44. The number of hydrogen-bond acceptors (Lipinski definition) is 3. The van der Waals surface area contributed by atoms with E-state index < -0.39 is 0 Å². The van der Waals surface area contributed by atoms with Crippen LogP contribution in [0.3, 0.4) is 0 Å². The van der Waals surface area contributed by atoms with Crippen LogP contribution in [0.5, 0.6) is 0 Å². The first-order chi connectivity index (χ1) is 5.83. The summed E-state index contributed by atoms with van der Waals surface area (Å²) in [6.07, 6.45) is 0.855. The summed E-state index contributed by atoms with van der Waals surface area (Å²) < 4.78 is 1.02. The summed E-state index contributed by atoms with van der Waals surface area (Å²) in [5, 5.41) is 9.12. The number of aromatic nitrogens is 2. The largest absolute Gasteiger partial charge is 0.272 e. The van der Waals surface area contributed by atoms with Gasteiger partial charge >= 0.3 is 0 Å². The van der Waals surface area contributed by atoms with Crippen molar-refractivity contribution in [2.75, 3.05) is 0 Å². The first kappa shape index (κ1) is 7.49. The number of aryl methyl sites for hydroxylation is 1. The molecule has 0 aliphatic heterocycles. The second-order valence-corrected chi connectivity index (χ2v) is 3.43. The van der Waals surface area contributed by atoms with Crippen molar-refractivity contribution in [1.29, 1.82) is 0 Å². The second-order valence-electron chi connectivity index (χ2n) is 2.52. The molecule has 2 rings (SSSR count). The molecule has 0 aliphatic carbocycles. The van der Waals surface area contributed by atoms with Crippen molar-refractivity contribution in [1.82, 2.24) is 10.2 Å². The lowest BCUT2D eigenvalue weighted by Crippen LogP contribution is -2.08. The number of H-pyrrole nitrogens is 1. The molecule has 2 aromatic rings. The first-order valence-corrected chi connectivity index (χ1v) is 4.65. The predicted molar refractivity (Wildman–Crippen MR) is 49.6 cm³/mol. The van der Waals surface area contributed by atoms with E-state index in [-0.39, 0.29) is 5.56 Å². The lowest BCUT2D eigenvalue weighted by atomic mass is 10.2. The van der Waals surface area contributed by atoms with E-state index in [9.17, 15) is 4.79 Å². The zero-order chi connectivity index (χ0) is 8.55. The van der Waals surface area contributed by atoms with Crippen LogP contribution >= 0.6 is 11.3 Å². The molecule has 0 radical (unpaired) electrons. The summed E-state index contributed by atoms with van der Waals surface area (Å²) in [5.41, 5.74) is 0.878. The molecule has 2 aromatic heterocycles. The Morgan fingerprint density at radius 1 is 1.67 bits per heavy atom. The van der Waals surface area contributed by atoms with Gasteiger partial charge in [-0.05, 0) is 17.9 Å². The fourth-order valence-corrected chi connectivity index (χ4v) is 2.13. The van der Waals surface area contributed by atoms with Crippen LogP contribution < -0.4 is 5.56 Å². The Balaban J connectivity index is 2.92. The molecule has 2 heterocycles. The smallest absolute Gasteiger partial charge is 0.267 e. The summed E-state index contributed by atoms with van der Waals surface area (Å²) in [6.45, 7) is 2.03. The molecule has 0 amide bonds. The van der Waals surface area contributed by atoms with E-state index in [4.69, 9.17) is 0 Å². The van der Waals surface area contributed by atoms with Crippen LogP contribution in [0.1, 0.15) is 12.6 Å². The second kappa shape index (κ2) is 2.71. The molecule has 0 spiro atoms. The van der Waals surface area contributed by atoms with Gasteiger partial charge in [-0.1, -0.05) is 6.92 Å². The van der Waals surface area contributed by atoms with Crippen molar-refractivity contribution in [3.63, 3.8) is 0 Å². The predicted octanol–water partition coefficient (Wildman–Crippen LogP) is 1.55. The molecule has 4 heteroatoms. The molecule has 0 saturated heterocycles. The fourth-order valence-electron chi connectivity index (χ4n) is 1.18. The van der Waals surface area contributed by atoms with E-state index in [0.717, 1.165) is 22.2 Å². The molecular formula is C8H8N2OS. The Kier molecular flexibility index (Phi) is 1.69. The van der Waals surface area contributed by atoms with Crippen molar-refractivity contribution < 1.29 is 0 Å². The normalized spacial score (nSPS) is 10.8. The van der Waals surface area contributed by atoms with E-state index in [0.29, 0.717) is 0 Å². The molecule has 12 heavy (non-hydrogen) atoms. The Hall–Kier alpha value is -1.16. The van der Waals surface area contributed by atoms with Gasteiger partial charge in [0.2, 0.25) is 0 Å². The molecular weight excluding hydrogens is 172 g/mol. The van der Waals surface area contributed by atoms with Crippen LogP contribution in [0.15, 0.2) is 16.2 Å². The number of aromatic amines is 1. The third-order valence-electron chi connectivity index (χ3n) is 1.80. The summed E-state index contributed by atoms with van der Waals surface area (Å²) in [7, 11) is 0. The lowest BCUT2D eigenvalue weighted by Gasteiger charge is -1.94. The van der Waals surface area contributed by atoms with E-state index >= 15 is 0 Å². The molecule has 0 unspecified atom stereocenters. The minimum absolute atomic E-state index is 0.0940. The van der Waals surface area contributed by atoms with Crippen LogP contribution in [-0.2, 0) is 6.42 Å². The number of nitrogens with zero attached hydrogens (tertiary/aromatic N) is 1. The van der Waals surface area contributed by atoms with Gasteiger partial charge in [0, 0.05) is 0 Å². The van der Waals surface area contributed by atoms with Crippen molar-refractivity contribution >= 4 is 21.4 Å². The average molecular weight is 180 g/mol. The highest BCUT2D eigenvalue weighted by molar-refractivity contribution is 7.17. The number of rotatable bonds is 1. The highest BCUT2D eigenvalue weighted by atomic mass is 32.1. The SMILES string of the molecule is CCc1n[nH]c(=O)c2ccsc12. The van der Waals surface area contributed by atoms with E-state index in [1.807, 2.05) is 18.4 Å². The van der Waals surface area contributed by atoms with E-state index in [1.54, 1.807) is 11.3 Å². The fraction of sp³-hybridized carbons (Fsp3) is 0.250. The molecule has 0 bridgehead atoms. The number of thiophene rings is 1. The molecule has 62 valence electrons. The standard InChI is InChI=1S/C8H8N2OS/c1-2-6-7-5(3-4-12-7)8(11)10-9-6/h3-4H,2H2,1H3,(H,10,11). The number of nitrogens with one attached hydrogen (secondary N) is 1. The minimum atomic E-state index is -0.0940. The first-order valence-electron chi connectivity index (χ1n) is 3.77. The van der Waals surface area contributed by atoms with E-state index in [1.165, 1.54) is 0 Å². The maximum absolute atomic E-state index is 11.2. The van der Waals surface area contributed by atoms with E-state index in [2.05, 4.69) is 10.2 Å². The van der Waals surface area contributed by atoms with Crippen LogP contribution in [0.25, 0.3) is 10.1 Å². The van der Waals surface area contributed by atoms with Crippen LogP contribution in [0.4, 0.5) is 0 Å². The van der Waals surface area contributed by atoms with Gasteiger partial charge in [-0.3, -0.25) is 4.79 Å². The van der Waals surface area contributed by atoms with Crippen molar-refractivity contribution in [2.24, 2.45) is 0 Å². The van der Waals surface area contributed by atoms with Crippen molar-refractivity contribution in [2.45, 2.75) is 13.3 Å². The third-order valence-corrected chi connectivity index (χ3v) is 2.76. The van der Waals surface area contributed by atoms with Gasteiger partial charge < -0.3 is 0 Å². The topological polar surface area (TPSA) is 45.8 Å². The molecule has 0 fully saturated rings. The summed E-state index contributed by atoms with van der Waals surface area (Å²) >= 11 is 1.57. The maximum atomic E-state index is 11.2. The van der Waals surface area contributed by atoms with Crippen molar-refractivity contribution in [3.05, 3.63) is 27.5 Å². The van der Waals surface area contributed by atoms with Gasteiger partial charge in [-0.25, -0.2) is 5.10 Å². The quantitative estimate of drug-likeness (QED) is 0.723. The Bertz CT molecular complexity index is 457. The Morgan fingerprint density at radius 2 is 2.50 bits per heavy atom. The monoisotopic (exact) mass is 180 g/mol. The summed E-state index contributed by atoms with van der Waals surface area (Å²) in [4.78, 5) is 11.2. The molecule has 0 aromatic carbocycles. The molecule has 0 atom stereocenters. The van der Waals surface area contributed by atoms with Gasteiger partial charge in [0.1, 0.15) is 0 Å². The van der Waals surface area contributed by atoms with Crippen molar-refractivity contribution in [3.8, 4) is 0 Å². The summed E-state index contributed by atoms with van der Waals surface area (Å²) in [5.74, 6) is 0. The van der Waals surface area contributed by atoms with Crippen LogP contribution in [0.2, 0.25) is 0 Å². The van der Waals surface area contributed by atoms with Gasteiger partial charge in [0.25, 0.3) is 5.56 Å². The third kappa shape index (κ3) is 0.956. The number of fused-ring (bicyclic) bond motifs is 1. The maximum Gasteiger partial charge on any atom is 0.272 e. The Labute approximate surface area is 73.1 Å². The molecule has 0 saturated carbocycles. The van der Waals surface area contributed by atoms with Crippen LogP contribution in [-0.4, -0.2) is 10.2 Å². The Morgan fingerprint density at radius 3 is 3.25 bits per heavy atom. The van der Waals surface area contributed by atoms with Gasteiger partial charge in [0.05, 0.1) is 15.8 Å². The number of hydrogen-bond donors (Lipinski definition) is 1. The molecule has 0 aliphatic rings. The van der Waals surface area contributed by atoms with Gasteiger partial charge in [-0.15, -0.1) is 11.3 Å². The lowest BCUT2D eigenvalue weighted by molar-refractivity contribution is 0.922. The minimum Gasteiger partial charge on any atom is -0.267 e. The summed E-state index contributed by atoms with van der Waals surface area (Å²) in [6, 6.07) is 1.83. The highest BCUT2D eigenvalue weighted by Crippen LogP contribution is 2.19. The molecule has 3 nitrogen and oxygen atoms in total. The highest BCUT2D eigenvalue weighted by Gasteiger charge is 2.04. The van der Waals surface area contributed by atoms with Gasteiger partial charge in [0.15, 0.2) is 0 Å². The average Bonchev–Trinajstić information content (AvgIpc) is 2.54.